The lowest BCUT2D eigenvalue weighted by Crippen LogP contribution is -2.07. The second-order valence-corrected chi connectivity index (χ2v) is 4.97. The van der Waals surface area contributed by atoms with Crippen LogP contribution < -0.4 is 5.32 Å². The van der Waals surface area contributed by atoms with E-state index < -0.39 is 0 Å². The van der Waals surface area contributed by atoms with E-state index in [1.165, 1.54) is 17.4 Å². The van der Waals surface area contributed by atoms with Crippen molar-refractivity contribution in [3.63, 3.8) is 0 Å². The highest BCUT2D eigenvalue weighted by Crippen LogP contribution is 2.15. The molecule has 0 unspecified atom stereocenters. The molecule has 0 aliphatic rings. The molecule has 0 atom stereocenters. The molecule has 0 fully saturated rings. The largest absolute Gasteiger partial charge is 0.297 e. The van der Waals surface area contributed by atoms with E-state index in [0.29, 0.717) is 10.7 Å². The summed E-state index contributed by atoms with van der Waals surface area (Å²) in [7, 11) is 0. The quantitative estimate of drug-likeness (QED) is 0.875. The Hall–Kier alpha value is -2.52. The summed E-state index contributed by atoms with van der Waals surface area (Å²) < 4.78 is 0. The summed E-state index contributed by atoms with van der Waals surface area (Å²) in [5.74, 6) is -0.256. The summed E-state index contributed by atoms with van der Waals surface area (Å²) in [5, 5.41) is 20.5. The first-order valence-electron chi connectivity index (χ1n) is 6.03. The van der Waals surface area contributed by atoms with Crippen LogP contribution in [0.5, 0.6) is 0 Å². The Bertz CT molecular complexity index is 667. The number of anilines is 1. The lowest BCUT2D eigenvalue weighted by atomic mass is 10.1. The number of nitrogens with zero attached hydrogens (tertiary/aromatic N) is 3. The first-order chi connectivity index (χ1) is 9.71. The van der Waals surface area contributed by atoms with E-state index in [1.807, 2.05) is 13.0 Å². The number of nitriles is 1. The van der Waals surface area contributed by atoms with Crippen molar-refractivity contribution in [3.05, 3.63) is 46.5 Å². The maximum Gasteiger partial charge on any atom is 0.250 e. The van der Waals surface area contributed by atoms with Crippen LogP contribution in [0.3, 0.4) is 0 Å². The number of carbonyl (C=O) groups excluding carboxylic acids is 1. The minimum Gasteiger partial charge on any atom is -0.297 e. The van der Waals surface area contributed by atoms with E-state index in [0.717, 1.165) is 17.0 Å². The Balaban J connectivity index is 1.96. The molecular formula is C14H12N4OS. The van der Waals surface area contributed by atoms with Gasteiger partial charge in [-0.05, 0) is 30.2 Å². The predicted octanol–water partition coefficient (Wildman–Crippen LogP) is 2.62. The van der Waals surface area contributed by atoms with Gasteiger partial charge < -0.3 is 0 Å². The smallest absolute Gasteiger partial charge is 0.250 e. The van der Waals surface area contributed by atoms with Crippen molar-refractivity contribution < 1.29 is 4.79 Å². The van der Waals surface area contributed by atoms with Crippen LogP contribution in [-0.2, 0) is 11.2 Å². The van der Waals surface area contributed by atoms with Gasteiger partial charge >= 0.3 is 0 Å². The topological polar surface area (TPSA) is 78.7 Å². The summed E-state index contributed by atoms with van der Waals surface area (Å²) in [6.07, 6.45) is 3.90. The van der Waals surface area contributed by atoms with Gasteiger partial charge in [-0.15, -0.1) is 10.2 Å². The number of aromatic nitrogens is 2. The van der Waals surface area contributed by atoms with Gasteiger partial charge in [-0.3, -0.25) is 10.1 Å². The third kappa shape index (κ3) is 3.73. The number of hydrogen-bond donors (Lipinski definition) is 1. The van der Waals surface area contributed by atoms with Crippen LogP contribution >= 0.6 is 11.3 Å². The fourth-order valence-electron chi connectivity index (χ4n) is 1.43. The number of hydrogen-bond acceptors (Lipinski definition) is 5. The van der Waals surface area contributed by atoms with Crippen molar-refractivity contribution in [2.45, 2.75) is 13.3 Å². The predicted molar refractivity (Wildman–Crippen MR) is 78.1 cm³/mol. The van der Waals surface area contributed by atoms with E-state index in [9.17, 15) is 4.79 Å². The van der Waals surface area contributed by atoms with Gasteiger partial charge in [0, 0.05) is 6.08 Å². The van der Waals surface area contributed by atoms with Crippen LogP contribution in [0.1, 0.15) is 23.1 Å². The fourth-order valence-corrected chi connectivity index (χ4v) is 2.12. The van der Waals surface area contributed by atoms with E-state index in [2.05, 4.69) is 15.5 Å². The Kier molecular flexibility index (Phi) is 4.58. The van der Waals surface area contributed by atoms with E-state index >= 15 is 0 Å². The molecule has 0 aliphatic carbocycles. The average molecular weight is 284 g/mol. The second kappa shape index (κ2) is 6.59. The summed E-state index contributed by atoms with van der Waals surface area (Å²) >= 11 is 1.36. The molecule has 0 saturated heterocycles. The third-order valence-corrected chi connectivity index (χ3v) is 3.45. The number of nitrogens with one attached hydrogen (secondary N) is 1. The molecule has 5 nitrogen and oxygen atoms in total. The molecule has 20 heavy (non-hydrogen) atoms. The van der Waals surface area contributed by atoms with Gasteiger partial charge in [-0.25, -0.2) is 0 Å². The maximum atomic E-state index is 11.7. The number of aryl methyl sites for hydroxylation is 1. The molecule has 0 radical (unpaired) electrons. The summed E-state index contributed by atoms with van der Waals surface area (Å²) in [4.78, 5) is 11.7. The van der Waals surface area contributed by atoms with Crippen molar-refractivity contribution in [2.24, 2.45) is 0 Å². The van der Waals surface area contributed by atoms with Crippen LogP contribution in [0.2, 0.25) is 0 Å². The van der Waals surface area contributed by atoms with E-state index in [-0.39, 0.29) is 5.91 Å². The molecule has 0 aliphatic heterocycles. The van der Waals surface area contributed by atoms with Gasteiger partial charge in [0.25, 0.3) is 0 Å². The second-order valence-electron chi connectivity index (χ2n) is 3.91. The first-order valence-corrected chi connectivity index (χ1v) is 6.84. The molecule has 1 aromatic carbocycles. The van der Waals surface area contributed by atoms with Gasteiger partial charge in [-0.1, -0.05) is 30.4 Å². The minimum atomic E-state index is -0.256. The fraction of sp³-hybridized carbons (Fsp3) is 0.143. The highest BCUT2D eigenvalue weighted by atomic mass is 32.1. The molecule has 6 heteroatoms. The van der Waals surface area contributed by atoms with Crippen molar-refractivity contribution >= 4 is 28.5 Å². The number of rotatable bonds is 4. The first kappa shape index (κ1) is 13.9. The Morgan fingerprint density at radius 2 is 2.15 bits per heavy atom. The normalized spacial score (nSPS) is 10.4. The van der Waals surface area contributed by atoms with Crippen molar-refractivity contribution in [1.82, 2.24) is 10.2 Å². The lowest BCUT2D eigenvalue weighted by Gasteiger charge is -1.95. The van der Waals surface area contributed by atoms with E-state index in [4.69, 9.17) is 5.26 Å². The molecule has 0 spiro atoms. The van der Waals surface area contributed by atoms with Gasteiger partial charge in [0.1, 0.15) is 5.01 Å². The molecule has 0 saturated carbocycles. The highest BCUT2D eigenvalue weighted by Gasteiger charge is 2.04. The monoisotopic (exact) mass is 284 g/mol. The van der Waals surface area contributed by atoms with Crippen LogP contribution in [0.4, 0.5) is 5.13 Å². The Morgan fingerprint density at radius 1 is 1.40 bits per heavy atom. The summed E-state index contributed by atoms with van der Waals surface area (Å²) in [6, 6.07) is 9.01. The summed E-state index contributed by atoms with van der Waals surface area (Å²) in [6.45, 7) is 1.98. The molecular weight excluding hydrogens is 272 g/mol. The zero-order chi connectivity index (χ0) is 14.4. The zero-order valence-corrected chi connectivity index (χ0v) is 11.6. The number of carbonyl (C=O) groups is 1. The summed E-state index contributed by atoms with van der Waals surface area (Å²) in [5.41, 5.74) is 1.44. The molecule has 0 bridgehead atoms. The lowest BCUT2D eigenvalue weighted by molar-refractivity contribution is -0.111. The highest BCUT2D eigenvalue weighted by molar-refractivity contribution is 7.15. The molecule has 1 heterocycles. The minimum absolute atomic E-state index is 0.256. The van der Waals surface area contributed by atoms with Crippen LogP contribution in [0, 0.1) is 11.3 Å². The average Bonchev–Trinajstić information content (AvgIpc) is 2.93. The number of amides is 1. The van der Waals surface area contributed by atoms with Gasteiger partial charge in [0.15, 0.2) is 0 Å². The molecule has 1 N–H and O–H groups in total. The van der Waals surface area contributed by atoms with Crippen LogP contribution in [0.25, 0.3) is 6.08 Å². The SMILES string of the molecule is CCc1nnc(NC(=O)/C=C/c2ccc(C#N)cc2)s1. The molecule has 100 valence electrons. The van der Waals surface area contributed by atoms with Gasteiger partial charge in [0.2, 0.25) is 11.0 Å². The van der Waals surface area contributed by atoms with Crippen LogP contribution in [0.15, 0.2) is 30.3 Å². The molecule has 2 aromatic rings. The molecule has 1 aromatic heterocycles. The standard InChI is InChI=1S/C14H12N4OS/c1-2-13-17-18-14(20-13)16-12(19)8-7-10-3-5-11(9-15)6-4-10/h3-8H,2H2,1H3,(H,16,18,19)/b8-7+. The molecule has 1 amide bonds. The Morgan fingerprint density at radius 3 is 2.75 bits per heavy atom. The zero-order valence-electron chi connectivity index (χ0n) is 10.8. The third-order valence-electron chi connectivity index (χ3n) is 2.47. The number of benzene rings is 1. The van der Waals surface area contributed by atoms with E-state index in [1.54, 1.807) is 30.3 Å². The van der Waals surface area contributed by atoms with Crippen LogP contribution in [-0.4, -0.2) is 16.1 Å². The van der Waals surface area contributed by atoms with Crippen molar-refractivity contribution in [1.29, 1.82) is 5.26 Å². The van der Waals surface area contributed by atoms with Gasteiger partial charge in [-0.2, -0.15) is 5.26 Å². The van der Waals surface area contributed by atoms with Gasteiger partial charge in [0.05, 0.1) is 11.6 Å². The van der Waals surface area contributed by atoms with Crippen molar-refractivity contribution in [3.8, 4) is 6.07 Å². The maximum absolute atomic E-state index is 11.7. The van der Waals surface area contributed by atoms with Crippen molar-refractivity contribution in [2.75, 3.05) is 5.32 Å². The molecule has 2 rings (SSSR count). The Labute approximate surface area is 120 Å².